The number of nitrogens with zero attached hydrogens (tertiary/aromatic N) is 2. The summed E-state index contributed by atoms with van der Waals surface area (Å²) < 4.78 is 10.5. The molecule has 0 aliphatic carbocycles. The average molecular weight is 328 g/mol. The Morgan fingerprint density at radius 3 is 2.54 bits per heavy atom. The standard InChI is InChI=1S/C18H20N2O4/c1-23-16-7-5-6-13(17(16)24-2)8-9-15(21)14(12-19)18(22)20-10-3-4-11-20/h5-9,14H,3-4,10-11H2,1-2H3/b9-8-/t14-/m0/s1. The number of hydrogen-bond acceptors (Lipinski definition) is 5. The van der Waals surface area contributed by atoms with E-state index < -0.39 is 17.6 Å². The molecule has 0 unspecified atom stereocenters. The molecule has 0 saturated carbocycles. The molecule has 1 heterocycles. The molecular weight excluding hydrogens is 308 g/mol. The number of ketones is 1. The number of ether oxygens (including phenoxy) is 2. The fourth-order valence-corrected chi connectivity index (χ4v) is 2.67. The summed E-state index contributed by atoms with van der Waals surface area (Å²) in [6.45, 7) is 1.22. The number of carbonyl (C=O) groups is 2. The van der Waals surface area contributed by atoms with Crippen LogP contribution >= 0.6 is 0 Å². The van der Waals surface area contributed by atoms with Crippen molar-refractivity contribution >= 4 is 17.8 Å². The Hall–Kier alpha value is -2.81. The molecule has 1 aromatic rings. The third kappa shape index (κ3) is 3.74. The maximum atomic E-state index is 12.3. The Balaban J connectivity index is 2.17. The number of benzene rings is 1. The lowest BCUT2D eigenvalue weighted by Gasteiger charge is -2.17. The van der Waals surface area contributed by atoms with E-state index in [9.17, 15) is 14.9 Å². The molecule has 1 aromatic carbocycles. The molecule has 0 aromatic heterocycles. The molecule has 0 bridgehead atoms. The van der Waals surface area contributed by atoms with E-state index in [1.54, 1.807) is 23.1 Å². The maximum Gasteiger partial charge on any atom is 0.247 e. The lowest BCUT2D eigenvalue weighted by molar-refractivity contribution is -0.136. The SMILES string of the molecule is COc1cccc(/C=C\C(=O)[C@H](C#N)C(=O)N2CCCC2)c1OC. The zero-order chi connectivity index (χ0) is 17.5. The molecule has 1 atom stereocenters. The van der Waals surface area contributed by atoms with E-state index in [1.165, 1.54) is 26.4 Å². The summed E-state index contributed by atoms with van der Waals surface area (Å²) in [4.78, 5) is 26.1. The van der Waals surface area contributed by atoms with Crippen LogP contribution in [0.15, 0.2) is 24.3 Å². The minimum absolute atomic E-state index is 0.415. The number of amides is 1. The van der Waals surface area contributed by atoms with Crippen LogP contribution < -0.4 is 9.47 Å². The van der Waals surface area contributed by atoms with Crippen molar-refractivity contribution in [2.75, 3.05) is 27.3 Å². The van der Waals surface area contributed by atoms with E-state index >= 15 is 0 Å². The first-order valence-electron chi connectivity index (χ1n) is 7.73. The molecule has 1 saturated heterocycles. The van der Waals surface area contributed by atoms with Crippen molar-refractivity contribution in [1.82, 2.24) is 4.90 Å². The van der Waals surface area contributed by atoms with Crippen LogP contribution in [0.2, 0.25) is 0 Å². The number of likely N-dealkylation sites (tertiary alicyclic amines) is 1. The average Bonchev–Trinajstić information content (AvgIpc) is 3.14. The van der Waals surface area contributed by atoms with Gasteiger partial charge in [-0.05, 0) is 31.1 Å². The lowest BCUT2D eigenvalue weighted by atomic mass is 10.0. The first kappa shape index (κ1) is 17.5. The molecule has 1 amide bonds. The van der Waals surface area contributed by atoms with Gasteiger partial charge in [0.15, 0.2) is 23.2 Å². The molecule has 0 radical (unpaired) electrons. The summed E-state index contributed by atoms with van der Waals surface area (Å²) in [5.74, 6) is -1.21. The van der Waals surface area contributed by atoms with Gasteiger partial charge in [0, 0.05) is 18.7 Å². The zero-order valence-electron chi connectivity index (χ0n) is 13.8. The minimum Gasteiger partial charge on any atom is -0.493 e. The fourth-order valence-electron chi connectivity index (χ4n) is 2.67. The van der Waals surface area contributed by atoms with Crippen molar-refractivity contribution < 1.29 is 19.1 Å². The van der Waals surface area contributed by atoms with Gasteiger partial charge in [0.25, 0.3) is 0 Å². The van der Waals surface area contributed by atoms with Crippen molar-refractivity contribution in [2.24, 2.45) is 5.92 Å². The highest BCUT2D eigenvalue weighted by Crippen LogP contribution is 2.31. The second kappa shape index (κ2) is 8.16. The Kier molecular flexibility index (Phi) is 5.96. The van der Waals surface area contributed by atoms with Gasteiger partial charge in [-0.15, -0.1) is 0 Å². The maximum absolute atomic E-state index is 12.3. The van der Waals surface area contributed by atoms with Crippen LogP contribution in [0.25, 0.3) is 6.08 Å². The monoisotopic (exact) mass is 328 g/mol. The smallest absolute Gasteiger partial charge is 0.247 e. The van der Waals surface area contributed by atoms with Gasteiger partial charge >= 0.3 is 0 Å². The molecule has 0 N–H and O–H groups in total. The van der Waals surface area contributed by atoms with Gasteiger partial charge in [-0.1, -0.05) is 12.1 Å². The summed E-state index contributed by atoms with van der Waals surface area (Å²) in [5.41, 5.74) is 0.635. The van der Waals surface area contributed by atoms with E-state index in [2.05, 4.69) is 0 Å². The summed E-state index contributed by atoms with van der Waals surface area (Å²) in [5, 5.41) is 9.21. The van der Waals surface area contributed by atoms with Gasteiger partial charge in [0.2, 0.25) is 5.91 Å². The van der Waals surface area contributed by atoms with Crippen molar-refractivity contribution in [2.45, 2.75) is 12.8 Å². The van der Waals surface area contributed by atoms with Crippen LogP contribution in [0.4, 0.5) is 0 Å². The van der Waals surface area contributed by atoms with E-state index in [0.717, 1.165) is 12.8 Å². The van der Waals surface area contributed by atoms with Crippen molar-refractivity contribution in [3.8, 4) is 17.6 Å². The fraction of sp³-hybridized carbons (Fsp3) is 0.389. The van der Waals surface area contributed by atoms with Gasteiger partial charge in [0.05, 0.1) is 20.3 Å². The predicted molar refractivity (Wildman–Crippen MR) is 88.5 cm³/mol. The predicted octanol–water partition coefficient (Wildman–Crippen LogP) is 2.05. The number of para-hydroxylation sites is 1. The largest absolute Gasteiger partial charge is 0.493 e. The molecular formula is C18H20N2O4. The Labute approximate surface area is 141 Å². The highest BCUT2D eigenvalue weighted by atomic mass is 16.5. The van der Waals surface area contributed by atoms with Gasteiger partial charge in [-0.25, -0.2) is 0 Å². The number of carbonyl (C=O) groups excluding carboxylic acids is 2. The number of allylic oxidation sites excluding steroid dienone is 1. The van der Waals surface area contributed by atoms with Gasteiger partial charge < -0.3 is 14.4 Å². The Morgan fingerprint density at radius 1 is 1.25 bits per heavy atom. The molecule has 1 fully saturated rings. The quantitative estimate of drug-likeness (QED) is 0.590. The van der Waals surface area contributed by atoms with Gasteiger partial charge in [0.1, 0.15) is 0 Å². The summed E-state index contributed by atoms with van der Waals surface area (Å²) in [7, 11) is 3.03. The normalized spacial score (nSPS) is 15.1. The van der Waals surface area contributed by atoms with Crippen molar-refractivity contribution in [1.29, 1.82) is 5.26 Å². The van der Waals surface area contributed by atoms with Crippen LogP contribution in [0, 0.1) is 17.2 Å². The van der Waals surface area contributed by atoms with Crippen LogP contribution in [0.1, 0.15) is 18.4 Å². The minimum atomic E-state index is -1.30. The van der Waals surface area contributed by atoms with E-state index in [1.807, 2.05) is 6.07 Å². The highest BCUT2D eigenvalue weighted by Gasteiger charge is 2.30. The van der Waals surface area contributed by atoms with Crippen molar-refractivity contribution in [3.05, 3.63) is 29.8 Å². The number of rotatable bonds is 6. The lowest BCUT2D eigenvalue weighted by Crippen LogP contribution is -2.36. The van der Waals surface area contributed by atoms with E-state index in [-0.39, 0.29) is 0 Å². The molecule has 6 heteroatoms. The molecule has 24 heavy (non-hydrogen) atoms. The van der Waals surface area contributed by atoms with Crippen LogP contribution in [0.3, 0.4) is 0 Å². The van der Waals surface area contributed by atoms with Crippen LogP contribution in [-0.2, 0) is 9.59 Å². The first-order valence-corrected chi connectivity index (χ1v) is 7.73. The summed E-state index contributed by atoms with van der Waals surface area (Å²) in [6, 6.07) is 7.09. The zero-order valence-corrected chi connectivity index (χ0v) is 13.8. The third-order valence-electron chi connectivity index (χ3n) is 3.94. The molecule has 1 aliphatic rings. The number of methoxy groups -OCH3 is 2. The van der Waals surface area contributed by atoms with Crippen molar-refractivity contribution in [3.63, 3.8) is 0 Å². The second-order valence-corrected chi connectivity index (χ2v) is 5.41. The Morgan fingerprint density at radius 2 is 1.96 bits per heavy atom. The number of hydrogen-bond donors (Lipinski definition) is 0. The van der Waals surface area contributed by atoms with E-state index in [0.29, 0.717) is 30.2 Å². The molecule has 6 nitrogen and oxygen atoms in total. The summed E-state index contributed by atoms with van der Waals surface area (Å²) >= 11 is 0. The van der Waals surface area contributed by atoms with Crippen LogP contribution in [0.5, 0.6) is 11.5 Å². The number of nitriles is 1. The van der Waals surface area contributed by atoms with Gasteiger partial charge in [-0.2, -0.15) is 5.26 Å². The summed E-state index contributed by atoms with van der Waals surface area (Å²) in [6.07, 6.45) is 4.61. The van der Waals surface area contributed by atoms with E-state index in [4.69, 9.17) is 9.47 Å². The highest BCUT2D eigenvalue weighted by molar-refractivity contribution is 6.10. The Bertz CT molecular complexity index is 685. The molecule has 0 spiro atoms. The topological polar surface area (TPSA) is 79.6 Å². The van der Waals surface area contributed by atoms with Crippen LogP contribution in [-0.4, -0.2) is 43.9 Å². The molecule has 126 valence electrons. The second-order valence-electron chi connectivity index (χ2n) is 5.41. The molecule has 1 aliphatic heterocycles. The van der Waals surface area contributed by atoms with Gasteiger partial charge in [-0.3, -0.25) is 9.59 Å². The third-order valence-corrected chi connectivity index (χ3v) is 3.94. The first-order chi connectivity index (χ1) is 11.6. The molecule has 2 rings (SSSR count).